The Hall–Kier alpha value is -2.18. The molecule has 1 aromatic heterocycles. The van der Waals surface area contributed by atoms with Crippen LogP contribution in [-0.2, 0) is 0 Å². The Labute approximate surface area is 138 Å². The number of nitrogens with zero attached hydrogens (tertiary/aromatic N) is 2. The van der Waals surface area contributed by atoms with E-state index in [4.69, 9.17) is 5.73 Å². The molecule has 1 aromatic carbocycles. The number of aryl methyl sites for hydroxylation is 2. The Morgan fingerprint density at radius 2 is 2.13 bits per heavy atom. The number of carbonyl (C=O) groups is 1. The van der Waals surface area contributed by atoms with Crippen LogP contribution in [0.25, 0.3) is 0 Å². The Morgan fingerprint density at radius 1 is 1.35 bits per heavy atom. The quantitative estimate of drug-likeness (QED) is 0.790. The third-order valence-electron chi connectivity index (χ3n) is 4.53. The number of amidine groups is 1. The van der Waals surface area contributed by atoms with Crippen LogP contribution in [-0.4, -0.2) is 28.9 Å². The monoisotopic (exact) mass is 327 g/mol. The summed E-state index contributed by atoms with van der Waals surface area (Å²) >= 11 is 1.40. The summed E-state index contributed by atoms with van der Waals surface area (Å²) in [6.07, 6.45) is 0.352. The SMILES string of the molecule is Cc1cc2c(s1)C(=O)[C@]1(O)CCN(c3ccc(N)c(C)c3)C1=N2. The average Bonchev–Trinajstić information content (AvgIpc) is 3.04. The lowest BCUT2D eigenvalue weighted by Gasteiger charge is -2.28. The van der Waals surface area contributed by atoms with Gasteiger partial charge in [-0.15, -0.1) is 11.3 Å². The predicted molar refractivity (Wildman–Crippen MR) is 93.0 cm³/mol. The molecule has 0 bridgehead atoms. The zero-order valence-corrected chi connectivity index (χ0v) is 13.8. The first-order valence-electron chi connectivity index (χ1n) is 7.50. The first kappa shape index (κ1) is 14.4. The van der Waals surface area contributed by atoms with Crippen molar-refractivity contribution in [2.24, 2.45) is 4.99 Å². The highest BCUT2D eigenvalue weighted by Crippen LogP contribution is 2.42. The minimum Gasteiger partial charge on any atom is -0.399 e. The van der Waals surface area contributed by atoms with Crippen molar-refractivity contribution in [1.29, 1.82) is 0 Å². The summed E-state index contributed by atoms with van der Waals surface area (Å²) in [5, 5.41) is 11.0. The summed E-state index contributed by atoms with van der Waals surface area (Å²) in [5.41, 5.74) is 7.62. The van der Waals surface area contributed by atoms with E-state index in [9.17, 15) is 9.90 Å². The number of hydrogen-bond donors (Lipinski definition) is 2. The predicted octanol–water partition coefficient (Wildman–Crippen LogP) is 2.81. The van der Waals surface area contributed by atoms with Crippen molar-refractivity contribution in [2.75, 3.05) is 17.2 Å². The first-order chi connectivity index (χ1) is 10.9. The molecule has 0 radical (unpaired) electrons. The molecule has 6 heteroatoms. The van der Waals surface area contributed by atoms with Crippen molar-refractivity contribution >= 4 is 40.0 Å². The molecular formula is C17H17N3O2S. The lowest BCUT2D eigenvalue weighted by atomic mass is 9.92. The number of anilines is 2. The second kappa shape index (κ2) is 4.66. The van der Waals surface area contributed by atoms with Crippen LogP contribution in [0.3, 0.4) is 0 Å². The summed E-state index contributed by atoms with van der Waals surface area (Å²) < 4.78 is 0. The Bertz CT molecular complexity index is 871. The summed E-state index contributed by atoms with van der Waals surface area (Å²) in [6, 6.07) is 7.60. The lowest BCUT2D eigenvalue weighted by molar-refractivity contribution is 0.0607. The number of carbonyl (C=O) groups excluding carboxylic acids is 1. The van der Waals surface area contributed by atoms with E-state index >= 15 is 0 Å². The van der Waals surface area contributed by atoms with Gasteiger partial charge in [0.25, 0.3) is 0 Å². The van der Waals surface area contributed by atoms with Gasteiger partial charge in [0.1, 0.15) is 5.84 Å². The Morgan fingerprint density at radius 3 is 2.87 bits per heavy atom. The highest BCUT2D eigenvalue weighted by Gasteiger charge is 2.53. The zero-order valence-electron chi connectivity index (χ0n) is 13.0. The fourth-order valence-corrected chi connectivity index (χ4v) is 4.17. The van der Waals surface area contributed by atoms with Crippen LogP contribution in [0.15, 0.2) is 29.3 Å². The Balaban J connectivity index is 1.85. The summed E-state index contributed by atoms with van der Waals surface area (Å²) in [7, 11) is 0. The number of Topliss-reactive ketones (excluding diaryl/α,β-unsaturated/α-hetero) is 1. The van der Waals surface area contributed by atoms with Gasteiger partial charge in [0.2, 0.25) is 5.78 Å². The first-order valence-corrected chi connectivity index (χ1v) is 8.32. The standard InChI is InChI=1S/C17H17N3O2S/c1-9-7-11(3-4-12(9)18)20-6-5-17(22)15(21)14-13(19-16(17)20)8-10(2)23-14/h3-4,7-8,22H,5-6,18H2,1-2H3/t17-/m1/s1. The van der Waals surface area contributed by atoms with Gasteiger partial charge in [-0.2, -0.15) is 0 Å². The molecule has 2 aromatic rings. The molecular weight excluding hydrogens is 310 g/mol. The van der Waals surface area contributed by atoms with Gasteiger partial charge in [-0.3, -0.25) is 4.79 Å². The number of benzene rings is 1. The summed E-state index contributed by atoms with van der Waals surface area (Å²) in [6.45, 7) is 4.44. The molecule has 1 atom stereocenters. The molecule has 23 heavy (non-hydrogen) atoms. The smallest absolute Gasteiger partial charge is 0.214 e. The van der Waals surface area contributed by atoms with Gasteiger partial charge < -0.3 is 15.7 Å². The van der Waals surface area contributed by atoms with Gasteiger partial charge in [0, 0.05) is 29.2 Å². The number of nitrogen functional groups attached to an aromatic ring is 1. The minimum absolute atomic E-state index is 0.231. The molecule has 2 aliphatic rings. The number of fused-ring (bicyclic) bond motifs is 2. The number of nitrogens with two attached hydrogens (primary N) is 1. The fourth-order valence-electron chi connectivity index (χ4n) is 3.21. The number of ketones is 1. The van der Waals surface area contributed by atoms with Gasteiger partial charge in [-0.25, -0.2) is 4.99 Å². The normalized spacial score (nSPS) is 22.8. The van der Waals surface area contributed by atoms with Crippen LogP contribution in [0, 0.1) is 13.8 Å². The van der Waals surface area contributed by atoms with E-state index in [-0.39, 0.29) is 5.78 Å². The van der Waals surface area contributed by atoms with E-state index in [0.717, 1.165) is 21.8 Å². The van der Waals surface area contributed by atoms with Crippen LogP contribution in [0.2, 0.25) is 0 Å². The molecule has 118 valence electrons. The summed E-state index contributed by atoms with van der Waals surface area (Å²) in [5.74, 6) is 0.197. The number of rotatable bonds is 1. The highest BCUT2D eigenvalue weighted by atomic mass is 32.1. The largest absolute Gasteiger partial charge is 0.399 e. The number of hydrogen-bond acceptors (Lipinski definition) is 6. The second-order valence-corrected chi connectivity index (χ2v) is 7.40. The van der Waals surface area contributed by atoms with E-state index in [2.05, 4.69) is 4.99 Å². The average molecular weight is 327 g/mol. The fraction of sp³-hybridized carbons (Fsp3) is 0.294. The summed E-state index contributed by atoms with van der Waals surface area (Å²) in [4.78, 5) is 20.9. The van der Waals surface area contributed by atoms with Gasteiger partial charge in [0.15, 0.2) is 5.60 Å². The van der Waals surface area contributed by atoms with E-state index in [1.165, 1.54) is 11.3 Å². The molecule has 2 aliphatic heterocycles. The molecule has 0 unspecified atom stereocenters. The maximum atomic E-state index is 12.8. The lowest BCUT2D eigenvalue weighted by Crippen LogP contribution is -2.48. The maximum Gasteiger partial charge on any atom is 0.214 e. The van der Waals surface area contributed by atoms with Crippen LogP contribution >= 0.6 is 11.3 Å². The van der Waals surface area contributed by atoms with Crippen LogP contribution in [0.5, 0.6) is 0 Å². The number of thiophene rings is 1. The topological polar surface area (TPSA) is 78.9 Å². The molecule has 4 rings (SSSR count). The van der Waals surface area contributed by atoms with Crippen LogP contribution in [0.1, 0.15) is 26.5 Å². The van der Waals surface area contributed by atoms with Gasteiger partial charge in [-0.05, 0) is 43.7 Å². The molecule has 0 aliphatic carbocycles. The van der Waals surface area contributed by atoms with Crippen molar-refractivity contribution in [3.8, 4) is 0 Å². The number of aliphatic imine (C=N–C) groups is 1. The van der Waals surface area contributed by atoms with Gasteiger partial charge in [0.05, 0.1) is 10.6 Å². The number of aliphatic hydroxyl groups is 1. The van der Waals surface area contributed by atoms with Crippen molar-refractivity contribution in [1.82, 2.24) is 0 Å². The van der Waals surface area contributed by atoms with E-state index < -0.39 is 5.60 Å². The zero-order chi connectivity index (χ0) is 16.4. The maximum absolute atomic E-state index is 12.8. The van der Waals surface area contributed by atoms with Crippen LogP contribution in [0.4, 0.5) is 17.1 Å². The van der Waals surface area contributed by atoms with Crippen LogP contribution < -0.4 is 10.6 Å². The molecule has 1 fully saturated rings. The highest BCUT2D eigenvalue weighted by molar-refractivity contribution is 7.14. The molecule has 3 heterocycles. The van der Waals surface area contributed by atoms with Gasteiger partial charge >= 0.3 is 0 Å². The second-order valence-electron chi connectivity index (χ2n) is 6.14. The third-order valence-corrected chi connectivity index (χ3v) is 5.57. The minimum atomic E-state index is -1.51. The van der Waals surface area contributed by atoms with E-state index in [1.807, 2.05) is 43.0 Å². The Kier molecular flexibility index (Phi) is 2.92. The van der Waals surface area contributed by atoms with Crippen molar-refractivity contribution < 1.29 is 9.90 Å². The molecule has 3 N–H and O–H groups in total. The van der Waals surface area contributed by atoms with Crippen molar-refractivity contribution in [3.05, 3.63) is 39.6 Å². The molecule has 0 saturated carbocycles. The van der Waals surface area contributed by atoms with E-state index in [1.54, 1.807) is 0 Å². The molecule has 5 nitrogen and oxygen atoms in total. The van der Waals surface area contributed by atoms with Gasteiger partial charge in [-0.1, -0.05) is 0 Å². The van der Waals surface area contributed by atoms with Crippen molar-refractivity contribution in [3.63, 3.8) is 0 Å². The third kappa shape index (κ3) is 1.95. The molecule has 0 amide bonds. The van der Waals surface area contributed by atoms with E-state index in [0.29, 0.717) is 29.4 Å². The molecule has 0 spiro atoms. The molecule has 1 saturated heterocycles. The van der Waals surface area contributed by atoms with Crippen molar-refractivity contribution in [2.45, 2.75) is 25.9 Å².